The third-order valence-corrected chi connectivity index (χ3v) is 6.45. The van der Waals surface area contributed by atoms with E-state index >= 15 is 0 Å². The Labute approximate surface area is 171 Å². The zero-order valence-corrected chi connectivity index (χ0v) is 17.7. The Balaban J connectivity index is 2.73. The van der Waals surface area contributed by atoms with E-state index in [9.17, 15) is 14.1 Å². The number of benzene rings is 1. The van der Waals surface area contributed by atoms with Crippen LogP contribution in [0.2, 0.25) is 0 Å². The fourth-order valence-corrected chi connectivity index (χ4v) is 4.73. The molecule has 1 amide bonds. The first-order chi connectivity index (χ1) is 13.5. The number of esters is 1. The minimum atomic E-state index is -1.30. The van der Waals surface area contributed by atoms with Gasteiger partial charge < -0.3 is 19.7 Å². The second-order valence-corrected chi connectivity index (χ2v) is 8.76. The normalized spacial score (nSPS) is 14.1. The Bertz CT molecular complexity index is 569. The molecular formula is C21H33NO5S. The average Bonchev–Trinajstić information content (AvgIpc) is 2.69. The molecule has 158 valence electrons. The number of carbonyl (C=O) groups is 2. The SMILES string of the molecule is CCCCCCCC[S+]([O-])[C@H](Cc1ccccc1)CC(NC(=O)O)C(=O)OC. The van der Waals surface area contributed by atoms with Crippen LogP contribution in [0.15, 0.2) is 30.3 Å². The van der Waals surface area contributed by atoms with Crippen LogP contribution in [0.25, 0.3) is 0 Å². The predicted molar refractivity (Wildman–Crippen MR) is 112 cm³/mol. The molecule has 7 heteroatoms. The topological polar surface area (TPSA) is 98.7 Å². The van der Waals surface area contributed by atoms with E-state index in [0.717, 1.165) is 24.8 Å². The number of amides is 1. The van der Waals surface area contributed by atoms with E-state index in [-0.39, 0.29) is 11.7 Å². The molecule has 2 N–H and O–H groups in total. The van der Waals surface area contributed by atoms with E-state index in [0.29, 0.717) is 12.2 Å². The van der Waals surface area contributed by atoms with Gasteiger partial charge in [0, 0.05) is 12.8 Å². The number of ether oxygens (including phenoxy) is 1. The van der Waals surface area contributed by atoms with Crippen molar-refractivity contribution in [2.24, 2.45) is 0 Å². The summed E-state index contributed by atoms with van der Waals surface area (Å²) in [6.07, 6.45) is 6.04. The number of methoxy groups -OCH3 is 1. The van der Waals surface area contributed by atoms with Crippen LogP contribution in [0.5, 0.6) is 0 Å². The van der Waals surface area contributed by atoms with Gasteiger partial charge >= 0.3 is 12.1 Å². The molecule has 1 aromatic carbocycles. The fourth-order valence-electron chi connectivity index (χ4n) is 3.12. The van der Waals surface area contributed by atoms with Gasteiger partial charge in [0.05, 0.1) is 7.11 Å². The molecule has 6 nitrogen and oxygen atoms in total. The van der Waals surface area contributed by atoms with Crippen molar-refractivity contribution in [2.45, 2.75) is 69.6 Å². The zero-order valence-electron chi connectivity index (χ0n) is 16.9. The molecule has 0 aromatic heterocycles. The van der Waals surface area contributed by atoms with Gasteiger partial charge in [-0.15, -0.1) is 0 Å². The number of carbonyl (C=O) groups excluding carboxylic acids is 1. The van der Waals surface area contributed by atoms with Gasteiger partial charge in [-0.3, -0.25) is 0 Å². The lowest BCUT2D eigenvalue weighted by atomic mass is 10.0. The Kier molecular flexibility index (Phi) is 12.4. The lowest BCUT2D eigenvalue weighted by Gasteiger charge is -2.25. The van der Waals surface area contributed by atoms with E-state index in [2.05, 4.69) is 12.2 Å². The minimum Gasteiger partial charge on any atom is -0.616 e. The van der Waals surface area contributed by atoms with Crippen molar-refractivity contribution >= 4 is 23.2 Å². The average molecular weight is 412 g/mol. The first-order valence-electron chi connectivity index (χ1n) is 9.96. The third kappa shape index (κ3) is 9.99. The summed E-state index contributed by atoms with van der Waals surface area (Å²) >= 11 is -1.16. The van der Waals surface area contributed by atoms with Crippen LogP contribution in [0, 0.1) is 0 Å². The molecule has 0 saturated heterocycles. The lowest BCUT2D eigenvalue weighted by molar-refractivity contribution is -0.143. The molecule has 28 heavy (non-hydrogen) atoms. The Morgan fingerprint density at radius 1 is 1.14 bits per heavy atom. The highest BCUT2D eigenvalue weighted by Gasteiger charge is 2.31. The molecule has 1 aromatic rings. The van der Waals surface area contributed by atoms with E-state index < -0.39 is 29.3 Å². The molecule has 0 aliphatic carbocycles. The smallest absolute Gasteiger partial charge is 0.405 e. The first-order valence-corrected chi connectivity index (χ1v) is 11.3. The lowest BCUT2D eigenvalue weighted by Crippen LogP contribution is -2.45. The van der Waals surface area contributed by atoms with Gasteiger partial charge in [-0.05, 0) is 18.4 Å². The minimum absolute atomic E-state index is 0.149. The summed E-state index contributed by atoms with van der Waals surface area (Å²) in [5, 5.41) is 10.9. The van der Waals surface area contributed by atoms with Crippen molar-refractivity contribution in [3.05, 3.63) is 35.9 Å². The van der Waals surface area contributed by atoms with E-state index in [1.165, 1.54) is 26.4 Å². The number of nitrogens with one attached hydrogen (secondary N) is 1. The number of rotatable bonds is 14. The molecule has 0 bridgehead atoms. The molecule has 2 unspecified atom stereocenters. The second kappa shape index (κ2) is 14.3. The highest BCUT2D eigenvalue weighted by Crippen LogP contribution is 2.19. The summed E-state index contributed by atoms with van der Waals surface area (Å²) in [5.74, 6) is -0.0954. The van der Waals surface area contributed by atoms with Crippen LogP contribution in [0.3, 0.4) is 0 Å². The summed E-state index contributed by atoms with van der Waals surface area (Å²) in [4.78, 5) is 23.0. The van der Waals surface area contributed by atoms with Crippen LogP contribution >= 0.6 is 0 Å². The molecule has 0 saturated carbocycles. The number of hydrogen-bond donors (Lipinski definition) is 2. The molecule has 1 rings (SSSR count). The van der Waals surface area contributed by atoms with Crippen molar-refractivity contribution in [1.29, 1.82) is 0 Å². The highest BCUT2D eigenvalue weighted by molar-refractivity contribution is 7.92. The maximum atomic E-state index is 13.0. The van der Waals surface area contributed by atoms with E-state index in [4.69, 9.17) is 9.84 Å². The van der Waals surface area contributed by atoms with Crippen molar-refractivity contribution in [3.8, 4) is 0 Å². The van der Waals surface area contributed by atoms with Crippen molar-refractivity contribution < 1.29 is 24.0 Å². The number of hydrogen-bond acceptors (Lipinski definition) is 4. The maximum Gasteiger partial charge on any atom is 0.405 e. The summed E-state index contributed by atoms with van der Waals surface area (Å²) in [5.41, 5.74) is 1.02. The molecule has 0 heterocycles. The van der Waals surface area contributed by atoms with Crippen molar-refractivity contribution in [1.82, 2.24) is 5.32 Å². The number of unbranched alkanes of at least 4 members (excludes halogenated alkanes) is 5. The van der Waals surface area contributed by atoms with Crippen LogP contribution in [-0.4, -0.2) is 45.9 Å². The first kappa shape index (κ1) is 24.3. The molecule has 3 atom stereocenters. The maximum absolute atomic E-state index is 13.0. The van der Waals surface area contributed by atoms with Gasteiger partial charge in [0.15, 0.2) is 0 Å². The van der Waals surface area contributed by atoms with Gasteiger partial charge in [0.2, 0.25) is 0 Å². The van der Waals surface area contributed by atoms with Crippen LogP contribution in [-0.2, 0) is 27.1 Å². The summed E-state index contributed by atoms with van der Waals surface area (Å²) in [6.45, 7) is 2.17. The molecule has 0 aliphatic rings. The molecule has 0 fully saturated rings. The van der Waals surface area contributed by atoms with Gasteiger partial charge in [-0.1, -0.05) is 74.1 Å². The van der Waals surface area contributed by atoms with Gasteiger partial charge in [0.1, 0.15) is 17.0 Å². The molecule has 0 aliphatic heterocycles. The second-order valence-electron chi connectivity index (χ2n) is 6.93. The monoisotopic (exact) mass is 411 g/mol. The third-order valence-electron chi connectivity index (χ3n) is 4.66. The Morgan fingerprint density at radius 2 is 1.79 bits per heavy atom. The fraction of sp³-hybridized carbons (Fsp3) is 0.619. The Hall–Kier alpha value is -1.73. The molecule has 0 radical (unpaired) electrons. The van der Waals surface area contributed by atoms with Gasteiger partial charge in [0.25, 0.3) is 0 Å². The van der Waals surface area contributed by atoms with Crippen molar-refractivity contribution in [2.75, 3.05) is 12.9 Å². The largest absolute Gasteiger partial charge is 0.616 e. The quantitative estimate of drug-likeness (QED) is 0.275. The van der Waals surface area contributed by atoms with Gasteiger partial charge in [-0.2, -0.15) is 0 Å². The predicted octanol–water partition coefficient (Wildman–Crippen LogP) is 3.91. The van der Waals surface area contributed by atoms with Gasteiger partial charge in [-0.25, -0.2) is 9.59 Å². The van der Waals surface area contributed by atoms with Crippen LogP contribution < -0.4 is 5.32 Å². The molecular weight excluding hydrogens is 378 g/mol. The zero-order chi connectivity index (χ0) is 20.8. The summed E-state index contributed by atoms with van der Waals surface area (Å²) in [6, 6.07) is 8.62. The number of carboxylic acid groups (broad SMARTS) is 1. The van der Waals surface area contributed by atoms with Crippen LogP contribution in [0.1, 0.15) is 57.4 Å². The van der Waals surface area contributed by atoms with E-state index in [1.807, 2.05) is 30.3 Å². The Morgan fingerprint density at radius 3 is 2.39 bits per heavy atom. The van der Waals surface area contributed by atoms with E-state index in [1.54, 1.807) is 0 Å². The summed E-state index contributed by atoms with van der Waals surface area (Å²) in [7, 11) is 1.22. The highest BCUT2D eigenvalue weighted by atomic mass is 32.2. The standard InChI is InChI=1S/C21H33NO5S/c1-3-4-5-6-7-11-14-28(26)18(15-17-12-9-8-10-13-17)16-19(20(23)27-2)22-21(24)25/h8-10,12-13,18-19,22H,3-7,11,14-16H2,1-2H3,(H,24,25)/t18-,19?,28?/m1/s1. The molecule has 0 spiro atoms. The summed E-state index contributed by atoms with van der Waals surface area (Å²) < 4.78 is 17.7. The van der Waals surface area contributed by atoms with Crippen molar-refractivity contribution in [3.63, 3.8) is 0 Å². The van der Waals surface area contributed by atoms with Crippen LogP contribution in [0.4, 0.5) is 4.79 Å².